The number of nitrogens with two attached hydrogens (primary N) is 2. The fourth-order valence-electron chi connectivity index (χ4n) is 23.4. The number of ether oxygens (including phenoxy) is 8. The normalized spacial score (nSPS) is 28.0. The minimum absolute atomic E-state index is 0.0369. The molecule has 41 nitrogen and oxygen atoms in total. The number of amides is 10. The van der Waals surface area contributed by atoms with E-state index < -0.39 is 163 Å². The predicted octanol–water partition coefficient (Wildman–Crippen LogP) is 3.55. The van der Waals surface area contributed by atoms with E-state index in [1.165, 1.54) is 10.6 Å². The zero-order chi connectivity index (χ0) is 105. The molecule has 2 saturated heterocycles. The van der Waals surface area contributed by atoms with Crippen LogP contribution in [-0.4, -0.2) is 284 Å². The molecule has 20 atom stereocenters. The van der Waals surface area contributed by atoms with E-state index in [2.05, 4.69) is 72.8 Å². The number of imide groups is 1. The number of para-hydroxylation sites is 1. The number of phenols is 1. The number of allylic oxidation sites excluding steroid dienone is 1. The van der Waals surface area contributed by atoms with Crippen molar-refractivity contribution in [3.8, 4) is 5.75 Å². The lowest BCUT2D eigenvalue weighted by Gasteiger charge is -2.56. The van der Waals surface area contributed by atoms with Crippen LogP contribution in [0.1, 0.15) is 222 Å². The summed E-state index contributed by atoms with van der Waals surface area (Å²) >= 11 is 0. The summed E-state index contributed by atoms with van der Waals surface area (Å²) in [5, 5.41) is 110. The molecule has 146 heavy (non-hydrogen) atoms. The molecule has 4 fully saturated rings. The van der Waals surface area contributed by atoms with E-state index in [0.29, 0.717) is 86.3 Å². The molecule has 9 aliphatic rings. The van der Waals surface area contributed by atoms with Crippen molar-refractivity contribution in [1.29, 1.82) is 0 Å². The van der Waals surface area contributed by atoms with Crippen molar-refractivity contribution in [2.24, 2.45) is 46.1 Å². The number of aliphatic hydroxyl groups excluding tert-OH is 7. The number of fused-ring (bicyclic) bond motifs is 8. The van der Waals surface area contributed by atoms with Gasteiger partial charge in [0.2, 0.25) is 47.3 Å². The van der Waals surface area contributed by atoms with Gasteiger partial charge in [-0.05, 0) is 189 Å². The van der Waals surface area contributed by atoms with E-state index in [0.717, 1.165) is 84.0 Å². The summed E-state index contributed by atoms with van der Waals surface area (Å²) in [7, 11) is 1.81. The number of unbranched alkanes of at least 4 members (excludes halogenated alkanes) is 1. The van der Waals surface area contributed by atoms with Gasteiger partial charge in [0.25, 0.3) is 0 Å². The van der Waals surface area contributed by atoms with Gasteiger partial charge in [-0.15, -0.1) is 5.53 Å². The van der Waals surface area contributed by atoms with Gasteiger partial charge < -0.3 is 137 Å². The van der Waals surface area contributed by atoms with Gasteiger partial charge in [-0.25, -0.2) is 4.79 Å². The Labute approximate surface area is 852 Å². The number of hydrazine groups is 3. The molecule has 4 aliphatic heterocycles. The molecule has 4 heterocycles. The molecule has 10 amide bonds. The molecular formula is C105H153N15O26. The Bertz CT molecular complexity index is 5240. The summed E-state index contributed by atoms with van der Waals surface area (Å²) in [4.78, 5) is 143. The molecule has 0 radical (unpaired) electrons. The van der Waals surface area contributed by atoms with Crippen LogP contribution >= 0.6 is 0 Å². The molecule has 4 aromatic rings. The monoisotopic (exact) mass is 2040 g/mol. The summed E-state index contributed by atoms with van der Waals surface area (Å²) in [5.41, 5.74) is 22.1. The number of Topliss-reactive ketones (excluding diaryl/α,β-unsaturated/α-hetero) is 1. The van der Waals surface area contributed by atoms with Crippen molar-refractivity contribution >= 4 is 81.8 Å². The van der Waals surface area contributed by atoms with E-state index in [1.54, 1.807) is 24.8 Å². The molecule has 0 spiro atoms. The third kappa shape index (κ3) is 26.9. The number of hydrogen-bond acceptors (Lipinski definition) is 32. The first-order valence-electron chi connectivity index (χ1n) is 51.8. The van der Waals surface area contributed by atoms with E-state index in [9.17, 15) is 79.2 Å². The average molecular weight is 2040 g/mol. The number of hydrogen-bond donors (Lipinski definition) is 21. The molecule has 0 aromatic heterocycles. The second kappa shape index (κ2) is 52.2. The molecule has 804 valence electrons. The van der Waals surface area contributed by atoms with Gasteiger partial charge in [0.15, 0.2) is 18.3 Å². The van der Waals surface area contributed by atoms with Crippen LogP contribution < -0.4 is 75.4 Å². The van der Waals surface area contributed by atoms with E-state index in [-0.39, 0.29) is 177 Å². The predicted molar refractivity (Wildman–Crippen MR) is 536 cm³/mol. The molecular weight excluding hydrogens is 1890 g/mol. The largest absolute Gasteiger partial charge is 0.508 e. The number of benzene rings is 4. The number of phenolic OH excluding ortho intramolecular Hbond substituents is 1. The Morgan fingerprint density at radius 1 is 0.575 bits per heavy atom. The Morgan fingerprint density at radius 2 is 1.21 bits per heavy atom. The Kier molecular flexibility index (Phi) is 40.3. The molecule has 4 aromatic carbocycles. The van der Waals surface area contributed by atoms with Gasteiger partial charge in [-0.2, -0.15) is 0 Å². The maximum absolute atomic E-state index is 15.1. The first kappa shape index (κ1) is 113. The molecule has 2 saturated carbocycles. The van der Waals surface area contributed by atoms with E-state index in [4.69, 9.17) is 49.5 Å². The highest BCUT2D eigenvalue weighted by atomic mass is 16.7. The van der Waals surface area contributed by atoms with Crippen molar-refractivity contribution in [3.63, 3.8) is 0 Å². The first-order valence-corrected chi connectivity index (χ1v) is 51.8. The number of carbonyl (C=O) groups is 10. The van der Waals surface area contributed by atoms with E-state index >= 15 is 9.59 Å². The fourth-order valence-corrected chi connectivity index (χ4v) is 23.4. The Morgan fingerprint density at radius 3 is 1.86 bits per heavy atom. The second-order valence-corrected chi connectivity index (χ2v) is 41.3. The zero-order valence-electron chi connectivity index (χ0n) is 85.0. The second-order valence-electron chi connectivity index (χ2n) is 41.3. The number of urea groups is 1. The van der Waals surface area contributed by atoms with Crippen molar-refractivity contribution in [3.05, 3.63) is 135 Å². The average Bonchev–Trinajstić information content (AvgIpc) is 1.09. The number of aromatic hydroxyl groups is 1. The number of anilines is 2. The lowest BCUT2D eigenvalue weighted by molar-refractivity contribution is -0.349. The van der Waals surface area contributed by atoms with Gasteiger partial charge in [-0.1, -0.05) is 122 Å². The Hall–Kier alpha value is -10.4. The maximum Gasteiger partial charge on any atom is 0.312 e. The minimum atomic E-state index is -1.85. The number of nitrogens with zero attached hydrogens (tertiary/aromatic N) is 2. The van der Waals surface area contributed by atoms with Crippen molar-refractivity contribution in [2.45, 2.75) is 293 Å². The molecule has 5 aliphatic carbocycles. The van der Waals surface area contributed by atoms with E-state index in [1.807, 2.05) is 99.8 Å². The number of carbonyl (C=O) groups excluding carboxylic acids is 10. The fraction of sp³-hybridized carbons (Fsp3) is 0.638. The van der Waals surface area contributed by atoms with Gasteiger partial charge in [0.05, 0.1) is 118 Å². The highest BCUT2D eigenvalue weighted by Crippen LogP contribution is 2.60. The smallest absolute Gasteiger partial charge is 0.312 e. The lowest BCUT2D eigenvalue weighted by atomic mass is 9.49. The highest BCUT2D eigenvalue weighted by Gasteiger charge is 2.60. The topological polar surface area (TPSA) is 597 Å². The number of aryl methyl sites for hydroxylation is 2. The summed E-state index contributed by atoms with van der Waals surface area (Å²) in [6.45, 7) is 12.0. The maximum atomic E-state index is 15.1. The quantitative estimate of drug-likeness (QED) is 0.0130. The first-order chi connectivity index (χ1) is 70.1. The molecule has 1 unspecified atom stereocenters. The van der Waals surface area contributed by atoms with Crippen molar-refractivity contribution in [2.75, 3.05) is 110 Å². The van der Waals surface area contributed by atoms with Crippen LogP contribution in [0.4, 0.5) is 16.2 Å². The molecule has 0 bridgehead atoms. The third-order valence-electron chi connectivity index (χ3n) is 31.3. The van der Waals surface area contributed by atoms with Crippen LogP contribution in [0.5, 0.6) is 5.75 Å². The van der Waals surface area contributed by atoms with Gasteiger partial charge in [0, 0.05) is 75.1 Å². The third-order valence-corrected chi connectivity index (χ3v) is 31.3. The van der Waals surface area contributed by atoms with Crippen LogP contribution in [0, 0.1) is 34.5 Å². The van der Waals surface area contributed by atoms with Crippen LogP contribution in [0.2, 0.25) is 0 Å². The summed E-state index contributed by atoms with van der Waals surface area (Å²) < 4.78 is 46.6. The molecule has 13 rings (SSSR count). The minimum Gasteiger partial charge on any atom is -0.508 e. The van der Waals surface area contributed by atoms with Crippen LogP contribution in [0.15, 0.2) is 96.3 Å². The van der Waals surface area contributed by atoms with Crippen molar-refractivity contribution < 1.29 is 127 Å². The number of aliphatic hydroxyl groups is 7. The SMILES string of the molecule is CN/C1=C(\NN)c2ccccc2N(C(=O)CCC(=O)NCCOCCOCCOCCOCCC(=O)N[C@H](CCCCNC(=O)COC2CCCCCC3=C2NNN3[C@H]2O[C@H](CO)[C@@H](O[C@H]3O[C@H](CO)[C@@H](O)[C@H](O)[C@H]3O)[C@H](O)[C@H]2O)C(=O)N[C@H](C(=O)C[C@@H](CCCNC(N)=O)C(=O)Nc2ccc3c(c2)[C@@]2(C)CCC[C@](C)(C(=O)NC(=O)[C@@]4(C)CCC[C@]5(C)c6cc(O)ccc6CC[C@@H]45)[C@@H]2CC3)C(C)C)Cc2ccccc21. The number of ketones is 1. The van der Waals surface area contributed by atoms with Crippen molar-refractivity contribution in [1.82, 2.24) is 58.6 Å². The summed E-state index contributed by atoms with van der Waals surface area (Å²) in [5.74, 6) is 0.717. The Balaban J connectivity index is 0.593. The number of primary amides is 1. The van der Waals surface area contributed by atoms with Crippen LogP contribution in [-0.2, 0) is 111 Å². The summed E-state index contributed by atoms with van der Waals surface area (Å²) in [6, 6.07) is 23.4. The zero-order valence-corrected chi connectivity index (χ0v) is 85.0. The van der Waals surface area contributed by atoms with Crippen LogP contribution in [0.25, 0.3) is 11.4 Å². The highest BCUT2D eigenvalue weighted by molar-refractivity contribution is 6.03. The van der Waals surface area contributed by atoms with Gasteiger partial charge in [-0.3, -0.25) is 59.3 Å². The summed E-state index contributed by atoms with van der Waals surface area (Å²) in [6.07, 6.45) is -6.34. The lowest BCUT2D eigenvalue weighted by Crippen LogP contribution is -2.67. The van der Waals surface area contributed by atoms with Gasteiger partial charge >= 0.3 is 6.03 Å². The van der Waals surface area contributed by atoms with Gasteiger partial charge in [0.1, 0.15) is 73.3 Å². The van der Waals surface area contributed by atoms with Crippen LogP contribution in [0.3, 0.4) is 0 Å². The standard InChI is InChI=1S/C105H153N15O26/c1-61(2)85(75(124)54-64(21-17-44-111-101(106)138)95(134)112-66-32-28-62-30-34-79-102(3,70(62)55-66)39-18-41-104(79,5)99(136)115-100(137)105(6)42-19-40-103(4)71-56-67(123)33-29-63(71)31-35-80(103)105)114-96(135)72(24-15-16-43-109-83(127)60-143-76-27-10-8-9-26-74-88(76)117-118-120(74)97-92(132)91(131)94(78(59-122)144-97)146-98-93(133)90(130)89(129)77(58-121)145-98)113-82(126)38-46-139-48-50-141-52-53-142-51-49-140-47-45-110-81(125)36-37-84(128)119-57-65-20-11-12-22-68(65)86(108-7)87(116-107)69-23-13-14-25-73(69)119/h11-14,20,22-23,25,28-29,32-33,55-56,61,64,72,76-80,85,89-94,97-98,108,116-118,121-123,129-133H,8-10,15-19,21,24,26-27,30-31,34-54,57-60,107H2,1-7H3,(H,109,127)(H,110,125)(H,112,134)(H,113,126)(H,114,135)(H3,106,111,138)(H,115,136,137)/b87-86-/t64-,72-,76?,77-,78-,79-,80-,85+,89-,90+,91-,92-,93-,94-,97+,98-,102-,103-,104+,105+/m1/s1. The number of nitrogens with one attached hydrogen (secondary N) is 11. The molecule has 23 N–H and O–H groups in total. The molecule has 41 heteroatoms. The number of rotatable bonds is 48.